The normalized spacial score (nSPS) is 10.7. The Morgan fingerprint density at radius 3 is 2.34 bits per heavy atom. The molecule has 0 aliphatic heterocycles. The zero-order valence-corrected chi connectivity index (χ0v) is 25.8. The summed E-state index contributed by atoms with van der Waals surface area (Å²) >= 11 is 0. The van der Waals surface area contributed by atoms with Crippen LogP contribution in [0.5, 0.6) is 5.75 Å². The zero-order chi connectivity index (χ0) is 31.0. The first-order valence-electron chi connectivity index (χ1n) is 14.4. The molecule has 0 spiro atoms. The number of likely N-dealkylation sites (N-methyl/N-ethyl adjacent to an activating group) is 1. The van der Waals surface area contributed by atoms with Gasteiger partial charge in [-0.3, -0.25) is 9.59 Å². The van der Waals surface area contributed by atoms with Gasteiger partial charge in [-0.15, -0.1) is 0 Å². The summed E-state index contributed by atoms with van der Waals surface area (Å²) in [5.74, 6) is -0.402. The van der Waals surface area contributed by atoms with Gasteiger partial charge in [0, 0.05) is 32.5 Å². The van der Waals surface area contributed by atoms with Crippen LogP contribution >= 0.6 is 0 Å². The molecule has 9 heteroatoms. The van der Waals surface area contributed by atoms with E-state index in [0.717, 1.165) is 31.5 Å². The molecule has 1 atom stereocenters. The highest BCUT2D eigenvalue weighted by Crippen LogP contribution is 2.16. The quantitative estimate of drug-likeness (QED) is 0.203. The average Bonchev–Trinajstić information content (AvgIpc) is 2.96. The van der Waals surface area contributed by atoms with Crippen LogP contribution in [0.3, 0.4) is 0 Å². The maximum absolute atomic E-state index is 13.3. The second-order valence-electron chi connectivity index (χ2n) is 9.53. The van der Waals surface area contributed by atoms with Gasteiger partial charge in [0.05, 0.1) is 6.61 Å². The standard InChI is InChI=1S/C22H34FN3O4.C9H12.CH5N/c1-4-24-10-7-11-25-22(29)20(9-12-27)26(3)21(28)8-5-6-13-30-19-15-17(2)14-18(23)16-19;1-3-9-6-4-5-8(2)7-9;1-2/h12,14-16,20,24H,4-11,13H2,1-3H3,(H,25,29);4-7H,3H2,1-2H3;2H2,1H3. The summed E-state index contributed by atoms with van der Waals surface area (Å²) in [4.78, 5) is 37.1. The SMILES string of the molecule is CCNCCCNC(=O)C(CC=O)N(C)C(=O)CCCCOc1cc(C)cc(F)c1.CCc1cccc(C)c1.CN. The smallest absolute Gasteiger partial charge is 0.243 e. The lowest BCUT2D eigenvalue weighted by Crippen LogP contribution is -2.48. The number of nitrogens with two attached hydrogens (primary N) is 1. The van der Waals surface area contributed by atoms with E-state index in [2.05, 4.69) is 54.5 Å². The number of hydrogen-bond donors (Lipinski definition) is 3. The third-order valence-corrected chi connectivity index (χ3v) is 6.12. The lowest BCUT2D eigenvalue weighted by atomic mass is 10.1. The van der Waals surface area contributed by atoms with Gasteiger partial charge in [-0.05, 0) is 82.9 Å². The van der Waals surface area contributed by atoms with E-state index in [0.29, 0.717) is 38.0 Å². The molecule has 8 nitrogen and oxygen atoms in total. The number of halogens is 1. The molecule has 0 fully saturated rings. The second-order valence-corrected chi connectivity index (χ2v) is 9.53. The highest BCUT2D eigenvalue weighted by Gasteiger charge is 2.25. The molecule has 0 radical (unpaired) electrons. The summed E-state index contributed by atoms with van der Waals surface area (Å²) in [7, 11) is 3.04. The first kappa shape index (κ1) is 37.7. The number of aryl methyl sites for hydroxylation is 3. The Morgan fingerprint density at radius 1 is 1.02 bits per heavy atom. The molecule has 0 saturated carbocycles. The van der Waals surface area contributed by atoms with Crippen LogP contribution in [0.25, 0.3) is 0 Å². The second kappa shape index (κ2) is 23.4. The topological polar surface area (TPSA) is 114 Å². The van der Waals surface area contributed by atoms with Crippen molar-refractivity contribution in [2.45, 2.75) is 72.3 Å². The van der Waals surface area contributed by atoms with Crippen LogP contribution in [0.4, 0.5) is 4.39 Å². The van der Waals surface area contributed by atoms with Crippen molar-refractivity contribution >= 4 is 18.1 Å². The van der Waals surface area contributed by atoms with Gasteiger partial charge >= 0.3 is 0 Å². The minimum atomic E-state index is -0.805. The molecule has 2 aromatic carbocycles. The fraction of sp³-hybridized carbons (Fsp3) is 0.531. The Hall–Kier alpha value is -3.30. The Balaban J connectivity index is 0.00000121. The average molecular weight is 575 g/mol. The van der Waals surface area contributed by atoms with Crippen molar-refractivity contribution in [3.63, 3.8) is 0 Å². The molecule has 0 heterocycles. The Labute approximate surface area is 246 Å². The van der Waals surface area contributed by atoms with E-state index >= 15 is 0 Å². The monoisotopic (exact) mass is 574 g/mol. The third kappa shape index (κ3) is 17.2. The van der Waals surface area contributed by atoms with Crippen LogP contribution < -0.4 is 21.1 Å². The molecule has 0 aliphatic rings. The van der Waals surface area contributed by atoms with Gasteiger partial charge in [-0.2, -0.15) is 0 Å². The maximum Gasteiger partial charge on any atom is 0.243 e. The molecule has 230 valence electrons. The van der Waals surface area contributed by atoms with Crippen LogP contribution in [0.2, 0.25) is 0 Å². The lowest BCUT2D eigenvalue weighted by molar-refractivity contribution is -0.139. The van der Waals surface area contributed by atoms with Gasteiger partial charge in [0.25, 0.3) is 0 Å². The van der Waals surface area contributed by atoms with E-state index in [9.17, 15) is 18.8 Å². The molecule has 0 aromatic heterocycles. The number of nitrogens with zero attached hydrogens (tertiary/aromatic N) is 1. The molecular weight excluding hydrogens is 523 g/mol. The first-order valence-corrected chi connectivity index (χ1v) is 14.4. The van der Waals surface area contributed by atoms with Crippen LogP contribution in [0.15, 0.2) is 42.5 Å². The number of nitrogens with one attached hydrogen (secondary N) is 2. The molecule has 0 bridgehead atoms. The summed E-state index contributed by atoms with van der Waals surface area (Å²) in [6.45, 7) is 10.6. The molecule has 1 unspecified atom stereocenters. The molecule has 2 amide bonds. The Morgan fingerprint density at radius 2 is 1.76 bits per heavy atom. The molecule has 4 N–H and O–H groups in total. The number of aldehydes is 1. The van der Waals surface area contributed by atoms with E-state index in [1.807, 2.05) is 6.92 Å². The van der Waals surface area contributed by atoms with Gasteiger partial charge in [-0.1, -0.05) is 43.7 Å². The van der Waals surface area contributed by atoms with E-state index in [1.54, 1.807) is 20.0 Å². The van der Waals surface area contributed by atoms with Crippen molar-refractivity contribution in [2.75, 3.05) is 40.3 Å². The van der Waals surface area contributed by atoms with Gasteiger partial charge in [0.2, 0.25) is 11.8 Å². The van der Waals surface area contributed by atoms with Crippen molar-refractivity contribution in [1.82, 2.24) is 15.5 Å². The van der Waals surface area contributed by atoms with Crippen LogP contribution in [-0.2, 0) is 20.8 Å². The van der Waals surface area contributed by atoms with Crippen LogP contribution in [-0.4, -0.2) is 69.4 Å². The van der Waals surface area contributed by atoms with Crippen molar-refractivity contribution in [2.24, 2.45) is 5.73 Å². The number of carbonyl (C=O) groups excluding carboxylic acids is 3. The summed E-state index contributed by atoms with van der Waals surface area (Å²) in [5.41, 5.74) is 8.06. The minimum absolute atomic E-state index is 0.0384. The summed E-state index contributed by atoms with van der Waals surface area (Å²) in [5, 5.41) is 5.95. The highest BCUT2D eigenvalue weighted by molar-refractivity contribution is 5.89. The number of amides is 2. The first-order chi connectivity index (χ1) is 19.7. The van der Waals surface area contributed by atoms with Gasteiger partial charge < -0.3 is 30.8 Å². The molecule has 0 saturated heterocycles. The van der Waals surface area contributed by atoms with E-state index < -0.39 is 6.04 Å². The van der Waals surface area contributed by atoms with Gasteiger partial charge in [-0.25, -0.2) is 4.39 Å². The van der Waals surface area contributed by atoms with E-state index in [4.69, 9.17) is 4.74 Å². The highest BCUT2D eigenvalue weighted by atomic mass is 19.1. The predicted molar refractivity (Wildman–Crippen MR) is 165 cm³/mol. The fourth-order valence-corrected chi connectivity index (χ4v) is 3.89. The number of carbonyl (C=O) groups is 3. The molecule has 2 rings (SSSR count). The predicted octanol–water partition coefficient (Wildman–Crippen LogP) is 4.35. The molecule has 41 heavy (non-hydrogen) atoms. The Bertz CT molecular complexity index is 999. The van der Waals surface area contributed by atoms with Gasteiger partial charge in [0.15, 0.2) is 0 Å². The number of hydrogen-bond acceptors (Lipinski definition) is 6. The number of rotatable bonds is 16. The van der Waals surface area contributed by atoms with Crippen molar-refractivity contribution in [3.05, 3.63) is 65.0 Å². The Kier molecular flexibility index (Phi) is 21.5. The van der Waals surface area contributed by atoms with Crippen molar-refractivity contribution in [1.29, 1.82) is 0 Å². The lowest BCUT2D eigenvalue weighted by Gasteiger charge is -2.26. The maximum atomic E-state index is 13.3. The molecular formula is C32H51FN4O4. The van der Waals surface area contributed by atoms with Crippen LogP contribution in [0, 0.1) is 19.7 Å². The van der Waals surface area contributed by atoms with Crippen molar-refractivity contribution in [3.8, 4) is 5.75 Å². The largest absolute Gasteiger partial charge is 0.493 e. The van der Waals surface area contributed by atoms with E-state index in [-0.39, 0.29) is 30.5 Å². The number of unbranched alkanes of at least 4 members (excludes halogenated alkanes) is 1. The summed E-state index contributed by atoms with van der Waals surface area (Å²) in [6.07, 6.45) is 3.95. The number of benzene rings is 2. The zero-order valence-electron chi connectivity index (χ0n) is 25.8. The number of ether oxygens (including phenoxy) is 1. The summed E-state index contributed by atoms with van der Waals surface area (Å²) in [6, 6.07) is 12.3. The van der Waals surface area contributed by atoms with Crippen LogP contribution in [0.1, 0.15) is 62.6 Å². The molecule has 2 aromatic rings. The minimum Gasteiger partial charge on any atom is -0.493 e. The third-order valence-electron chi connectivity index (χ3n) is 6.12. The fourth-order valence-electron chi connectivity index (χ4n) is 3.89. The van der Waals surface area contributed by atoms with Gasteiger partial charge in [0.1, 0.15) is 23.9 Å². The van der Waals surface area contributed by atoms with E-state index in [1.165, 1.54) is 35.2 Å². The van der Waals surface area contributed by atoms with Crippen molar-refractivity contribution < 1.29 is 23.5 Å². The molecule has 0 aliphatic carbocycles. The summed E-state index contributed by atoms with van der Waals surface area (Å²) < 4.78 is 18.9.